The third-order valence-electron chi connectivity index (χ3n) is 4.50. The Labute approximate surface area is 148 Å². The lowest BCUT2D eigenvalue weighted by Crippen LogP contribution is -2.18. The second-order valence-corrected chi connectivity index (χ2v) is 6.25. The van der Waals surface area contributed by atoms with E-state index in [0.29, 0.717) is 13.0 Å². The second kappa shape index (κ2) is 7.47. The molecule has 0 aliphatic carbocycles. The Morgan fingerprint density at radius 1 is 1.24 bits per heavy atom. The number of hydrogen-bond donors (Lipinski definition) is 1. The highest BCUT2D eigenvalue weighted by Gasteiger charge is 2.11. The number of carbonyl (C=O) groups is 1. The van der Waals surface area contributed by atoms with Crippen molar-refractivity contribution >= 4 is 16.9 Å². The Morgan fingerprint density at radius 2 is 2.00 bits per heavy atom. The first-order chi connectivity index (χ1) is 12.1. The van der Waals surface area contributed by atoms with Crippen LogP contribution in [0.2, 0.25) is 0 Å². The van der Waals surface area contributed by atoms with E-state index in [4.69, 9.17) is 4.98 Å². The van der Waals surface area contributed by atoms with E-state index in [2.05, 4.69) is 54.6 Å². The molecule has 0 saturated heterocycles. The second-order valence-electron chi connectivity index (χ2n) is 6.25. The highest BCUT2D eigenvalue weighted by atomic mass is 16.1. The van der Waals surface area contributed by atoms with Crippen LogP contribution in [0.4, 0.5) is 0 Å². The molecule has 0 radical (unpaired) electrons. The van der Waals surface area contributed by atoms with Crippen LogP contribution in [0.1, 0.15) is 30.9 Å². The van der Waals surface area contributed by atoms with Crippen LogP contribution < -0.4 is 5.32 Å². The van der Waals surface area contributed by atoms with Gasteiger partial charge in [-0.05, 0) is 37.0 Å². The first-order valence-corrected chi connectivity index (χ1v) is 8.75. The molecule has 130 valence electrons. The summed E-state index contributed by atoms with van der Waals surface area (Å²) in [6, 6.07) is 10.7. The summed E-state index contributed by atoms with van der Waals surface area (Å²) < 4.78 is 1.95. The molecular formula is C20H24N4O. The van der Waals surface area contributed by atoms with Gasteiger partial charge in [0.15, 0.2) is 0 Å². The lowest BCUT2D eigenvalue weighted by molar-refractivity contribution is -0.120. The SMILES string of the molecule is CCc1ccc(-c2cc(C)c3c(cnn3CCCC(=O)NC)n2)cc1. The van der Waals surface area contributed by atoms with Gasteiger partial charge >= 0.3 is 0 Å². The maximum atomic E-state index is 11.4. The van der Waals surface area contributed by atoms with Crippen molar-refractivity contribution in [1.82, 2.24) is 20.1 Å². The van der Waals surface area contributed by atoms with Crippen molar-refractivity contribution in [3.8, 4) is 11.3 Å². The molecule has 0 bridgehead atoms. The summed E-state index contributed by atoms with van der Waals surface area (Å²) in [4.78, 5) is 16.1. The summed E-state index contributed by atoms with van der Waals surface area (Å²) in [7, 11) is 1.66. The van der Waals surface area contributed by atoms with Crippen molar-refractivity contribution in [2.75, 3.05) is 7.05 Å². The summed E-state index contributed by atoms with van der Waals surface area (Å²) >= 11 is 0. The maximum Gasteiger partial charge on any atom is 0.219 e. The van der Waals surface area contributed by atoms with Crippen LogP contribution in [0.5, 0.6) is 0 Å². The Bertz CT molecular complexity index is 881. The summed E-state index contributed by atoms with van der Waals surface area (Å²) in [5.41, 5.74) is 6.51. The monoisotopic (exact) mass is 336 g/mol. The largest absolute Gasteiger partial charge is 0.359 e. The van der Waals surface area contributed by atoms with Crippen LogP contribution in [0.3, 0.4) is 0 Å². The topological polar surface area (TPSA) is 59.8 Å². The molecule has 0 aliphatic heterocycles. The van der Waals surface area contributed by atoms with E-state index < -0.39 is 0 Å². The maximum absolute atomic E-state index is 11.4. The van der Waals surface area contributed by atoms with Gasteiger partial charge in [0.2, 0.25) is 5.91 Å². The van der Waals surface area contributed by atoms with E-state index >= 15 is 0 Å². The third-order valence-corrected chi connectivity index (χ3v) is 4.50. The predicted molar refractivity (Wildman–Crippen MR) is 100 cm³/mol. The third kappa shape index (κ3) is 3.71. The lowest BCUT2D eigenvalue weighted by atomic mass is 10.1. The van der Waals surface area contributed by atoms with E-state index in [1.165, 1.54) is 5.56 Å². The molecule has 2 heterocycles. The predicted octanol–water partition coefficient (Wildman–Crippen LogP) is 3.50. The van der Waals surface area contributed by atoms with Gasteiger partial charge in [-0.2, -0.15) is 5.10 Å². The number of fused-ring (bicyclic) bond motifs is 1. The summed E-state index contributed by atoms with van der Waals surface area (Å²) in [6.07, 6.45) is 4.11. The number of aryl methyl sites for hydroxylation is 3. The zero-order valence-corrected chi connectivity index (χ0v) is 15.0. The van der Waals surface area contributed by atoms with E-state index in [1.807, 2.05) is 10.9 Å². The van der Waals surface area contributed by atoms with E-state index in [0.717, 1.165) is 40.7 Å². The van der Waals surface area contributed by atoms with E-state index in [9.17, 15) is 4.79 Å². The van der Waals surface area contributed by atoms with E-state index in [1.54, 1.807) is 7.05 Å². The molecule has 5 nitrogen and oxygen atoms in total. The quantitative estimate of drug-likeness (QED) is 0.749. The van der Waals surface area contributed by atoms with Gasteiger partial charge in [-0.15, -0.1) is 0 Å². The number of aromatic nitrogens is 3. The summed E-state index contributed by atoms with van der Waals surface area (Å²) in [5, 5.41) is 7.11. The van der Waals surface area contributed by atoms with Gasteiger partial charge in [0.05, 0.1) is 17.4 Å². The van der Waals surface area contributed by atoms with Crippen LogP contribution in [-0.2, 0) is 17.8 Å². The number of nitrogens with zero attached hydrogens (tertiary/aromatic N) is 3. The number of benzene rings is 1. The van der Waals surface area contributed by atoms with Gasteiger partial charge in [0.25, 0.3) is 0 Å². The molecule has 5 heteroatoms. The van der Waals surface area contributed by atoms with Gasteiger partial charge in [-0.3, -0.25) is 9.48 Å². The fraction of sp³-hybridized carbons (Fsp3) is 0.350. The molecule has 0 atom stereocenters. The van der Waals surface area contributed by atoms with Crippen LogP contribution in [-0.4, -0.2) is 27.7 Å². The van der Waals surface area contributed by atoms with E-state index in [-0.39, 0.29) is 5.91 Å². The normalized spacial score (nSPS) is 11.0. The smallest absolute Gasteiger partial charge is 0.219 e. The molecule has 2 aromatic heterocycles. The fourth-order valence-electron chi connectivity index (χ4n) is 3.04. The minimum atomic E-state index is 0.0594. The summed E-state index contributed by atoms with van der Waals surface area (Å²) in [6.45, 7) is 4.96. The van der Waals surface area contributed by atoms with Crippen molar-refractivity contribution in [1.29, 1.82) is 0 Å². The van der Waals surface area contributed by atoms with Crippen molar-refractivity contribution in [3.63, 3.8) is 0 Å². The van der Waals surface area contributed by atoms with Gasteiger partial charge < -0.3 is 5.32 Å². The van der Waals surface area contributed by atoms with Crippen molar-refractivity contribution < 1.29 is 4.79 Å². The average molecular weight is 336 g/mol. The van der Waals surface area contributed by atoms with Crippen molar-refractivity contribution in [3.05, 3.63) is 47.7 Å². The van der Waals surface area contributed by atoms with Crippen LogP contribution in [0.25, 0.3) is 22.3 Å². The van der Waals surface area contributed by atoms with Crippen molar-refractivity contribution in [2.24, 2.45) is 0 Å². The number of nitrogens with one attached hydrogen (secondary N) is 1. The number of rotatable bonds is 6. The highest BCUT2D eigenvalue weighted by Crippen LogP contribution is 2.25. The van der Waals surface area contributed by atoms with Crippen molar-refractivity contribution in [2.45, 2.75) is 39.7 Å². The molecule has 0 aliphatic rings. The number of carbonyl (C=O) groups excluding carboxylic acids is 1. The number of pyridine rings is 1. The van der Waals surface area contributed by atoms with Gasteiger partial charge in [-0.25, -0.2) is 4.98 Å². The molecule has 1 aromatic carbocycles. The molecule has 25 heavy (non-hydrogen) atoms. The highest BCUT2D eigenvalue weighted by molar-refractivity contribution is 5.81. The Balaban J connectivity index is 1.86. The van der Waals surface area contributed by atoms with Crippen LogP contribution in [0.15, 0.2) is 36.5 Å². The first-order valence-electron chi connectivity index (χ1n) is 8.75. The van der Waals surface area contributed by atoms with Gasteiger partial charge in [0, 0.05) is 25.6 Å². The standard InChI is InChI=1S/C20H24N4O/c1-4-15-7-9-16(10-8-15)17-12-14(2)20-18(23-17)13-22-24(20)11-5-6-19(25)21-3/h7-10,12-13H,4-6,11H2,1-3H3,(H,21,25). The minimum Gasteiger partial charge on any atom is -0.359 e. The average Bonchev–Trinajstić information content (AvgIpc) is 3.05. The molecule has 1 amide bonds. The Kier molecular flexibility index (Phi) is 5.12. The number of hydrogen-bond acceptors (Lipinski definition) is 3. The fourth-order valence-corrected chi connectivity index (χ4v) is 3.04. The molecule has 0 fully saturated rings. The molecule has 3 aromatic rings. The minimum absolute atomic E-state index is 0.0594. The molecule has 0 saturated carbocycles. The van der Waals surface area contributed by atoms with Gasteiger partial charge in [0.1, 0.15) is 5.52 Å². The molecule has 0 spiro atoms. The summed E-state index contributed by atoms with van der Waals surface area (Å²) in [5.74, 6) is 0.0594. The molecule has 1 N–H and O–H groups in total. The lowest BCUT2D eigenvalue weighted by Gasteiger charge is -2.08. The van der Waals surface area contributed by atoms with Crippen LogP contribution >= 0.6 is 0 Å². The zero-order valence-electron chi connectivity index (χ0n) is 15.0. The molecule has 0 unspecified atom stereocenters. The number of amides is 1. The Hall–Kier alpha value is -2.69. The molecule has 3 rings (SSSR count). The van der Waals surface area contributed by atoms with Crippen LogP contribution in [0, 0.1) is 6.92 Å². The zero-order chi connectivity index (χ0) is 17.8. The first kappa shape index (κ1) is 17.1. The molecular weight excluding hydrogens is 312 g/mol. The van der Waals surface area contributed by atoms with Gasteiger partial charge in [-0.1, -0.05) is 31.2 Å². The Morgan fingerprint density at radius 3 is 2.68 bits per heavy atom.